The molecule has 2 saturated heterocycles. The molecule has 1 N–H and O–H groups in total. The van der Waals surface area contributed by atoms with Crippen LogP contribution in [-0.2, 0) is 46.4 Å². The maximum atomic E-state index is 13.6. The van der Waals surface area contributed by atoms with E-state index in [-0.39, 0.29) is 43.2 Å². The number of esters is 1. The van der Waals surface area contributed by atoms with Gasteiger partial charge < -0.3 is 29.0 Å². The van der Waals surface area contributed by atoms with Crippen LogP contribution in [-0.4, -0.2) is 86.1 Å². The topological polar surface area (TPSA) is 113 Å². The van der Waals surface area contributed by atoms with Gasteiger partial charge in [0.15, 0.2) is 0 Å². The van der Waals surface area contributed by atoms with Gasteiger partial charge in [0.05, 0.1) is 20.1 Å². The minimum absolute atomic E-state index is 0.0105. The summed E-state index contributed by atoms with van der Waals surface area (Å²) in [6.45, 7) is 0.300. The molecule has 3 aliphatic rings. The normalized spacial score (nSPS) is 25.7. The van der Waals surface area contributed by atoms with Gasteiger partial charge >= 0.3 is 5.97 Å². The summed E-state index contributed by atoms with van der Waals surface area (Å²) in [5.74, 6) is -0.186. The summed E-state index contributed by atoms with van der Waals surface area (Å²) in [6, 6.07) is 15.7. The monoisotopic (exact) mass is 568 g/mol. The molecule has 3 heterocycles. The second-order valence-corrected chi connectivity index (χ2v) is 10.7. The first-order valence-corrected chi connectivity index (χ1v) is 14.0. The molecule has 0 bridgehead atoms. The van der Waals surface area contributed by atoms with Crippen molar-refractivity contribution in [1.82, 2.24) is 10.2 Å². The summed E-state index contributed by atoms with van der Waals surface area (Å²) in [6.07, 6.45) is -1.21. The molecule has 0 saturated carbocycles. The maximum absolute atomic E-state index is 13.6. The Kier molecular flexibility index (Phi) is 8.75. The number of benzene rings is 2. The van der Waals surface area contributed by atoms with E-state index in [9.17, 15) is 14.4 Å². The molecule has 0 aromatic heterocycles. The van der Waals surface area contributed by atoms with E-state index in [1.807, 2.05) is 30.3 Å². The predicted molar refractivity (Wildman–Crippen MR) is 146 cm³/mol. The highest BCUT2D eigenvalue weighted by molar-refractivity contribution is 8.00. The lowest BCUT2D eigenvalue weighted by molar-refractivity contribution is -0.153. The van der Waals surface area contributed by atoms with Crippen molar-refractivity contribution in [2.75, 3.05) is 33.7 Å². The van der Waals surface area contributed by atoms with Gasteiger partial charge in [-0.25, -0.2) is 4.79 Å². The fourth-order valence-electron chi connectivity index (χ4n) is 5.15. The Morgan fingerprint density at radius 3 is 2.45 bits per heavy atom. The highest BCUT2D eigenvalue weighted by atomic mass is 32.2. The van der Waals surface area contributed by atoms with Crippen molar-refractivity contribution in [2.24, 2.45) is 0 Å². The zero-order valence-electron chi connectivity index (χ0n) is 22.5. The zero-order valence-corrected chi connectivity index (χ0v) is 23.3. The molecular weight excluding hydrogens is 536 g/mol. The van der Waals surface area contributed by atoms with E-state index in [0.29, 0.717) is 17.1 Å². The third kappa shape index (κ3) is 5.60. The zero-order chi connectivity index (χ0) is 28.2. The first-order chi connectivity index (χ1) is 19.4. The molecular formula is C29H32N2O8S. The third-order valence-electron chi connectivity index (χ3n) is 7.27. The highest BCUT2D eigenvalue weighted by Gasteiger charge is 2.56. The largest absolute Gasteiger partial charge is 0.497 e. The number of hydrogen-bond donors (Lipinski definition) is 1. The number of hydrogen-bond acceptors (Lipinski definition) is 9. The Morgan fingerprint density at radius 2 is 1.77 bits per heavy atom. The van der Waals surface area contributed by atoms with Crippen LogP contribution in [0.3, 0.4) is 0 Å². The predicted octanol–water partition coefficient (Wildman–Crippen LogP) is 2.06. The van der Waals surface area contributed by atoms with Gasteiger partial charge in [0, 0.05) is 25.5 Å². The lowest BCUT2D eigenvalue weighted by Crippen LogP contribution is -2.71. The molecule has 10 nitrogen and oxygen atoms in total. The van der Waals surface area contributed by atoms with Gasteiger partial charge in [0.1, 0.15) is 47.8 Å². The van der Waals surface area contributed by atoms with E-state index >= 15 is 0 Å². The second kappa shape index (κ2) is 12.4. The SMILES string of the molecule is COc1ccc(COC(=O)C2=C([C@H]3OC[C@H](OC)[C@@H]3OC)CS[C@@H]3[C@H](NC(=O)Cc4ccccc4)C(=O)N23)cc1. The lowest BCUT2D eigenvalue weighted by atomic mass is 9.97. The minimum atomic E-state index is -0.749. The summed E-state index contributed by atoms with van der Waals surface area (Å²) in [5.41, 5.74) is 2.36. The van der Waals surface area contributed by atoms with Crippen molar-refractivity contribution in [3.05, 3.63) is 77.0 Å². The van der Waals surface area contributed by atoms with Crippen molar-refractivity contribution in [1.29, 1.82) is 0 Å². The summed E-state index contributed by atoms with van der Waals surface area (Å²) in [5, 5.41) is 2.40. The second-order valence-electron chi connectivity index (χ2n) is 9.64. The van der Waals surface area contributed by atoms with Crippen LogP contribution in [0.1, 0.15) is 11.1 Å². The van der Waals surface area contributed by atoms with Crippen LogP contribution in [0, 0.1) is 0 Å². The van der Waals surface area contributed by atoms with E-state index in [4.69, 9.17) is 23.7 Å². The van der Waals surface area contributed by atoms with Crippen molar-refractivity contribution < 1.29 is 38.1 Å². The number of nitrogens with zero attached hydrogens (tertiary/aromatic N) is 1. The van der Waals surface area contributed by atoms with Gasteiger partial charge in [0.25, 0.3) is 5.91 Å². The van der Waals surface area contributed by atoms with Crippen LogP contribution in [0.5, 0.6) is 5.75 Å². The molecule has 2 aromatic carbocycles. The van der Waals surface area contributed by atoms with Gasteiger partial charge in [-0.3, -0.25) is 14.5 Å². The molecule has 3 aliphatic heterocycles. The first-order valence-electron chi connectivity index (χ1n) is 12.9. The van der Waals surface area contributed by atoms with Crippen LogP contribution in [0.2, 0.25) is 0 Å². The van der Waals surface area contributed by atoms with Crippen molar-refractivity contribution in [3.8, 4) is 5.75 Å². The maximum Gasteiger partial charge on any atom is 0.355 e. The first kappa shape index (κ1) is 28.2. The molecule has 5 atom stereocenters. The van der Waals surface area contributed by atoms with E-state index in [2.05, 4.69) is 5.32 Å². The van der Waals surface area contributed by atoms with Crippen molar-refractivity contribution in [2.45, 2.75) is 42.8 Å². The Balaban J connectivity index is 1.36. The lowest BCUT2D eigenvalue weighted by Gasteiger charge is -2.50. The molecule has 0 spiro atoms. The van der Waals surface area contributed by atoms with Crippen LogP contribution in [0.4, 0.5) is 0 Å². The molecule has 0 aliphatic carbocycles. The van der Waals surface area contributed by atoms with Crippen molar-refractivity contribution >= 4 is 29.5 Å². The minimum Gasteiger partial charge on any atom is -0.497 e. The van der Waals surface area contributed by atoms with Gasteiger partial charge in [-0.1, -0.05) is 42.5 Å². The van der Waals surface area contributed by atoms with Gasteiger partial charge in [0.2, 0.25) is 5.91 Å². The summed E-state index contributed by atoms with van der Waals surface area (Å²) >= 11 is 1.46. The highest BCUT2D eigenvalue weighted by Crippen LogP contribution is 2.43. The quantitative estimate of drug-likeness (QED) is 0.340. The molecule has 2 amide bonds. The van der Waals surface area contributed by atoms with Crippen LogP contribution < -0.4 is 10.1 Å². The van der Waals surface area contributed by atoms with Gasteiger partial charge in [-0.2, -0.15) is 0 Å². The van der Waals surface area contributed by atoms with E-state index in [0.717, 1.165) is 11.1 Å². The Labute approximate surface area is 236 Å². The smallest absolute Gasteiger partial charge is 0.355 e. The van der Waals surface area contributed by atoms with Gasteiger partial charge in [-0.15, -0.1) is 11.8 Å². The molecule has 212 valence electrons. The van der Waals surface area contributed by atoms with E-state index in [1.165, 1.54) is 16.7 Å². The molecule has 0 radical (unpaired) electrons. The van der Waals surface area contributed by atoms with Crippen LogP contribution >= 0.6 is 11.8 Å². The summed E-state index contributed by atoms with van der Waals surface area (Å²) in [7, 11) is 4.72. The Morgan fingerprint density at radius 1 is 1.02 bits per heavy atom. The van der Waals surface area contributed by atoms with Crippen LogP contribution in [0.15, 0.2) is 65.9 Å². The number of methoxy groups -OCH3 is 3. The third-order valence-corrected chi connectivity index (χ3v) is 8.57. The molecule has 40 heavy (non-hydrogen) atoms. The summed E-state index contributed by atoms with van der Waals surface area (Å²) in [4.78, 5) is 41.2. The van der Waals surface area contributed by atoms with E-state index < -0.39 is 29.6 Å². The number of fused-ring (bicyclic) bond motifs is 1. The molecule has 11 heteroatoms. The number of nitrogens with one attached hydrogen (secondary N) is 1. The molecule has 2 aromatic rings. The Bertz CT molecular complexity index is 1270. The fraction of sp³-hybridized carbons (Fsp3) is 0.414. The number of carbonyl (C=O) groups is 3. The fourth-order valence-corrected chi connectivity index (χ4v) is 6.54. The van der Waals surface area contributed by atoms with Crippen LogP contribution in [0.25, 0.3) is 0 Å². The van der Waals surface area contributed by atoms with Gasteiger partial charge in [-0.05, 0) is 23.3 Å². The summed E-state index contributed by atoms with van der Waals surface area (Å²) < 4.78 is 28.1. The molecule has 0 unspecified atom stereocenters. The van der Waals surface area contributed by atoms with Crippen molar-refractivity contribution in [3.63, 3.8) is 0 Å². The molecule has 5 rings (SSSR count). The molecule has 2 fully saturated rings. The number of thioether (sulfide) groups is 1. The average Bonchev–Trinajstić information content (AvgIpc) is 3.41. The number of amides is 2. The average molecular weight is 569 g/mol. The number of ether oxygens (including phenoxy) is 5. The van der Waals surface area contributed by atoms with E-state index in [1.54, 1.807) is 45.6 Å². The number of β-lactam (4-membered cyclic amide) rings is 1. The number of rotatable bonds is 10. The number of carbonyl (C=O) groups excluding carboxylic acids is 3. The standard InChI is InChI=1S/C29H32N2O8S/c1-35-19-11-9-18(10-12-19)14-39-29(34)24-20(25-26(37-3)21(36-2)15-38-25)16-40-28-23(27(33)31(24)28)30-22(32)13-17-7-5-4-6-8-17/h4-12,21,23,25-26,28H,13-16H2,1-3H3,(H,30,32)/t21-,23+,25+,26-,28+/m0/s1. The Hall–Kier alpha value is -3.38.